The molecule has 0 radical (unpaired) electrons. The average Bonchev–Trinajstić information content (AvgIpc) is 2.91. The molecule has 8 nitrogen and oxygen atoms in total. The molecule has 1 fully saturated rings. The predicted octanol–water partition coefficient (Wildman–Crippen LogP) is 2.90. The SMILES string of the molecule is COc1cc([C@@H]2COCCCN2c2cc(C)nc(N)n2)c(Cl)cc1OCC#N. The molecule has 0 amide bonds. The molecule has 1 aromatic heterocycles. The second kappa shape index (κ2) is 8.95. The van der Waals surface area contributed by atoms with Crippen molar-refractivity contribution < 1.29 is 14.2 Å². The van der Waals surface area contributed by atoms with Gasteiger partial charge in [0.25, 0.3) is 0 Å². The maximum atomic E-state index is 8.76. The van der Waals surface area contributed by atoms with E-state index in [2.05, 4.69) is 14.9 Å². The molecule has 1 atom stereocenters. The topological polar surface area (TPSA) is 107 Å². The summed E-state index contributed by atoms with van der Waals surface area (Å²) in [5.41, 5.74) is 7.47. The van der Waals surface area contributed by atoms with Crippen molar-refractivity contribution in [2.75, 3.05) is 44.1 Å². The number of rotatable bonds is 5. The number of halogens is 1. The second-order valence-electron chi connectivity index (χ2n) is 6.33. The van der Waals surface area contributed by atoms with E-state index in [1.807, 2.05) is 25.1 Å². The Balaban J connectivity index is 2.03. The van der Waals surface area contributed by atoms with Crippen LogP contribution in [0.25, 0.3) is 0 Å². The number of nitrogen functional groups attached to an aromatic ring is 1. The van der Waals surface area contributed by atoms with Gasteiger partial charge < -0.3 is 24.8 Å². The van der Waals surface area contributed by atoms with Crippen molar-refractivity contribution in [1.29, 1.82) is 5.26 Å². The first kappa shape index (κ1) is 20.0. The smallest absolute Gasteiger partial charge is 0.222 e. The van der Waals surface area contributed by atoms with E-state index >= 15 is 0 Å². The molecule has 1 aliphatic rings. The van der Waals surface area contributed by atoms with E-state index in [-0.39, 0.29) is 18.6 Å². The molecule has 9 heteroatoms. The molecule has 148 valence electrons. The monoisotopic (exact) mass is 403 g/mol. The fourth-order valence-corrected chi connectivity index (χ4v) is 3.50. The Labute approximate surface area is 168 Å². The fraction of sp³-hybridized carbons (Fsp3) is 0.421. The Morgan fingerprint density at radius 3 is 2.89 bits per heavy atom. The van der Waals surface area contributed by atoms with E-state index in [1.165, 1.54) is 0 Å². The van der Waals surface area contributed by atoms with Crippen molar-refractivity contribution in [1.82, 2.24) is 9.97 Å². The van der Waals surface area contributed by atoms with Gasteiger partial charge in [-0.15, -0.1) is 0 Å². The summed E-state index contributed by atoms with van der Waals surface area (Å²) >= 11 is 6.58. The molecule has 0 spiro atoms. The third-order valence-electron chi connectivity index (χ3n) is 4.43. The maximum Gasteiger partial charge on any atom is 0.222 e. The van der Waals surface area contributed by atoms with Gasteiger partial charge in [0, 0.05) is 36.0 Å². The summed E-state index contributed by atoms with van der Waals surface area (Å²) < 4.78 is 16.7. The quantitative estimate of drug-likeness (QED) is 0.812. The van der Waals surface area contributed by atoms with Crippen molar-refractivity contribution in [2.24, 2.45) is 0 Å². The molecule has 1 saturated heterocycles. The minimum absolute atomic E-state index is 0.0931. The highest BCUT2D eigenvalue weighted by molar-refractivity contribution is 6.31. The fourth-order valence-electron chi connectivity index (χ4n) is 3.22. The zero-order valence-electron chi connectivity index (χ0n) is 15.8. The minimum atomic E-state index is -0.192. The molecule has 0 unspecified atom stereocenters. The first-order valence-electron chi connectivity index (χ1n) is 8.86. The summed E-state index contributed by atoms with van der Waals surface area (Å²) in [5.74, 6) is 1.86. The van der Waals surface area contributed by atoms with Crippen molar-refractivity contribution in [3.05, 3.63) is 34.5 Å². The van der Waals surface area contributed by atoms with E-state index in [1.54, 1.807) is 13.2 Å². The van der Waals surface area contributed by atoms with Crippen LogP contribution in [0.1, 0.15) is 23.7 Å². The molecule has 3 rings (SSSR count). The van der Waals surface area contributed by atoms with Crippen molar-refractivity contribution in [3.8, 4) is 17.6 Å². The highest BCUT2D eigenvalue weighted by atomic mass is 35.5. The zero-order valence-corrected chi connectivity index (χ0v) is 16.6. The lowest BCUT2D eigenvalue weighted by Gasteiger charge is -2.32. The number of nitrogens with two attached hydrogens (primary N) is 1. The molecule has 2 heterocycles. The number of nitrogens with zero attached hydrogens (tertiary/aromatic N) is 4. The van der Waals surface area contributed by atoms with Gasteiger partial charge in [0.2, 0.25) is 5.95 Å². The first-order chi connectivity index (χ1) is 13.5. The maximum absolute atomic E-state index is 8.76. The van der Waals surface area contributed by atoms with Crippen LogP contribution in [0.5, 0.6) is 11.5 Å². The van der Waals surface area contributed by atoms with Crippen molar-refractivity contribution >= 4 is 23.4 Å². The highest BCUT2D eigenvalue weighted by Gasteiger charge is 2.28. The van der Waals surface area contributed by atoms with Crippen LogP contribution in [0.2, 0.25) is 5.02 Å². The predicted molar refractivity (Wildman–Crippen MR) is 106 cm³/mol. The lowest BCUT2D eigenvalue weighted by atomic mass is 10.0. The molecule has 1 aliphatic heterocycles. The summed E-state index contributed by atoms with van der Waals surface area (Å²) in [7, 11) is 1.54. The van der Waals surface area contributed by atoms with Gasteiger partial charge in [-0.05, 0) is 25.0 Å². The van der Waals surface area contributed by atoms with Gasteiger partial charge in [-0.2, -0.15) is 10.2 Å². The van der Waals surface area contributed by atoms with Crippen molar-refractivity contribution in [3.63, 3.8) is 0 Å². The molecule has 28 heavy (non-hydrogen) atoms. The summed E-state index contributed by atoms with van der Waals surface area (Å²) in [6.07, 6.45) is 0.845. The van der Waals surface area contributed by atoms with E-state index in [0.29, 0.717) is 29.7 Å². The zero-order chi connectivity index (χ0) is 20.1. The summed E-state index contributed by atoms with van der Waals surface area (Å²) in [6, 6.07) is 7.12. The molecular formula is C19H22ClN5O3. The molecular weight excluding hydrogens is 382 g/mol. The number of aryl methyl sites for hydroxylation is 1. The number of benzene rings is 1. The third-order valence-corrected chi connectivity index (χ3v) is 4.75. The Bertz CT molecular complexity index is 866. The van der Waals surface area contributed by atoms with Gasteiger partial charge in [0.1, 0.15) is 11.9 Å². The van der Waals surface area contributed by atoms with Gasteiger partial charge in [0.05, 0.1) is 19.8 Å². The van der Waals surface area contributed by atoms with Crippen molar-refractivity contribution in [2.45, 2.75) is 19.4 Å². The Morgan fingerprint density at radius 2 is 2.18 bits per heavy atom. The van der Waals surface area contributed by atoms with Crippen LogP contribution in [0.3, 0.4) is 0 Å². The molecule has 0 saturated carbocycles. The lowest BCUT2D eigenvalue weighted by molar-refractivity contribution is 0.134. The summed E-state index contributed by atoms with van der Waals surface area (Å²) in [4.78, 5) is 10.7. The van der Waals surface area contributed by atoms with E-state index in [4.69, 9.17) is 36.8 Å². The average molecular weight is 404 g/mol. The van der Waals surface area contributed by atoms with Crippen LogP contribution in [-0.4, -0.2) is 43.4 Å². The van der Waals surface area contributed by atoms with E-state index in [9.17, 15) is 0 Å². The molecule has 0 bridgehead atoms. The van der Waals surface area contributed by atoms with Crippen LogP contribution in [0.15, 0.2) is 18.2 Å². The second-order valence-corrected chi connectivity index (χ2v) is 6.74. The normalized spacial score (nSPS) is 16.9. The van der Waals surface area contributed by atoms with E-state index < -0.39 is 0 Å². The van der Waals surface area contributed by atoms with Gasteiger partial charge in [-0.3, -0.25) is 0 Å². The Hall–Kier alpha value is -2.76. The van der Waals surface area contributed by atoms with Crippen LogP contribution in [0.4, 0.5) is 11.8 Å². The summed E-state index contributed by atoms with van der Waals surface area (Å²) in [6.45, 7) is 3.59. The first-order valence-corrected chi connectivity index (χ1v) is 9.24. The number of methoxy groups -OCH3 is 1. The summed E-state index contributed by atoms with van der Waals surface area (Å²) in [5, 5.41) is 9.25. The largest absolute Gasteiger partial charge is 0.493 e. The van der Waals surface area contributed by atoms with Gasteiger partial charge in [0.15, 0.2) is 18.1 Å². The molecule has 0 aliphatic carbocycles. The number of hydrogen-bond donors (Lipinski definition) is 1. The van der Waals surface area contributed by atoms with Gasteiger partial charge >= 0.3 is 0 Å². The van der Waals surface area contributed by atoms with Crippen LogP contribution in [-0.2, 0) is 4.74 Å². The minimum Gasteiger partial charge on any atom is -0.493 e. The van der Waals surface area contributed by atoms with Gasteiger partial charge in [-0.25, -0.2) is 4.98 Å². The van der Waals surface area contributed by atoms with Crippen LogP contribution < -0.4 is 20.1 Å². The van der Waals surface area contributed by atoms with Gasteiger partial charge in [-0.1, -0.05) is 11.6 Å². The number of ether oxygens (including phenoxy) is 3. The Kier molecular flexibility index (Phi) is 6.39. The lowest BCUT2D eigenvalue weighted by Crippen LogP contribution is -2.32. The van der Waals surface area contributed by atoms with Crippen LogP contribution in [0, 0.1) is 18.3 Å². The number of anilines is 2. The number of aromatic nitrogens is 2. The van der Waals surface area contributed by atoms with Crippen LogP contribution >= 0.6 is 11.6 Å². The highest BCUT2D eigenvalue weighted by Crippen LogP contribution is 2.39. The molecule has 2 aromatic rings. The van der Waals surface area contributed by atoms with E-state index in [0.717, 1.165) is 30.0 Å². The molecule has 2 N–H and O–H groups in total. The Morgan fingerprint density at radius 1 is 1.36 bits per heavy atom. The molecule has 1 aromatic carbocycles. The number of nitriles is 1. The number of hydrogen-bond acceptors (Lipinski definition) is 8. The third kappa shape index (κ3) is 4.38. The standard InChI is InChI=1S/C19H22ClN5O3/c1-12-8-18(24-19(22)23-12)25-5-3-6-27-11-15(25)13-9-16(26-2)17(10-14(13)20)28-7-4-21/h8-10,15H,3,5-7,11H2,1-2H3,(H2,22,23,24)/t15-/m0/s1.